The van der Waals surface area contributed by atoms with Crippen LogP contribution in [0.15, 0.2) is 11.6 Å². The van der Waals surface area contributed by atoms with Crippen molar-refractivity contribution in [3.05, 3.63) is 11.6 Å². The normalized spacial score (nSPS) is 15.6. The zero-order valence-electron chi connectivity index (χ0n) is 9.15. The molecule has 0 heterocycles. The maximum atomic E-state index is 11.4. The second-order valence-electron chi connectivity index (χ2n) is 3.33. The summed E-state index contributed by atoms with van der Waals surface area (Å²) >= 11 is 0. The second kappa shape index (κ2) is 6.19. The van der Waals surface area contributed by atoms with Crippen LogP contribution in [0.25, 0.3) is 0 Å². The van der Waals surface area contributed by atoms with Gasteiger partial charge in [0.15, 0.2) is 6.04 Å². The maximum Gasteiger partial charge on any atom is 0.328 e. The van der Waals surface area contributed by atoms with Gasteiger partial charge in [0.2, 0.25) is 5.91 Å². The third-order valence-corrected chi connectivity index (χ3v) is 1.90. The maximum absolute atomic E-state index is 11.4. The molecule has 2 atom stereocenters. The average molecular weight is 215 g/mol. The van der Waals surface area contributed by atoms with E-state index in [4.69, 9.17) is 10.2 Å². The van der Waals surface area contributed by atoms with Crippen molar-refractivity contribution in [1.82, 2.24) is 5.32 Å². The van der Waals surface area contributed by atoms with Crippen LogP contribution in [0.3, 0.4) is 0 Å². The number of carbonyl (C=O) groups is 2. The number of aliphatic hydroxyl groups is 1. The average Bonchev–Trinajstić information content (AvgIpc) is 2.12. The molecule has 0 fully saturated rings. The lowest BCUT2D eigenvalue weighted by molar-refractivity contribution is -0.144. The standard InChI is InChI=1S/C10H17NO4/c1-4-5-6(2)9(13)11-8(7(3)12)10(14)15/h5,7-8,12H,4H2,1-3H3,(H,11,13)(H,14,15)/b6-5-/t7-,8+/m1/s1. The number of hydrogen-bond acceptors (Lipinski definition) is 3. The Kier molecular flexibility index (Phi) is 5.62. The lowest BCUT2D eigenvalue weighted by Crippen LogP contribution is -2.47. The summed E-state index contributed by atoms with van der Waals surface area (Å²) in [5, 5.41) is 20.1. The smallest absolute Gasteiger partial charge is 0.328 e. The fourth-order valence-corrected chi connectivity index (χ4v) is 1.04. The van der Waals surface area contributed by atoms with Gasteiger partial charge in [-0.15, -0.1) is 0 Å². The van der Waals surface area contributed by atoms with Crippen molar-refractivity contribution < 1.29 is 19.8 Å². The molecule has 0 rings (SSSR count). The molecule has 1 amide bonds. The van der Waals surface area contributed by atoms with Gasteiger partial charge in [-0.1, -0.05) is 13.0 Å². The Morgan fingerprint density at radius 1 is 1.47 bits per heavy atom. The Balaban J connectivity index is 4.49. The van der Waals surface area contributed by atoms with Crippen LogP contribution < -0.4 is 5.32 Å². The van der Waals surface area contributed by atoms with E-state index in [2.05, 4.69) is 5.32 Å². The molecule has 0 unspecified atom stereocenters. The molecule has 0 aromatic heterocycles. The van der Waals surface area contributed by atoms with Crippen LogP contribution in [0.1, 0.15) is 27.2 Å². The molecule has 0 spiro atoms. The number of nitrogens with one attached hydrogen (secondary N) is 1. The zero-order valence-corrected chi connectivity index (χ0v) is 9.15. The molecule has 0 bridgehead atoms. The number of allylic oxidation sites excluding steroid dienone is 1. The van der Waals surface area contributed by atoms with Gasteiger partial charge in [-0.3, -0.25) is 4.79 Å². The van der Waals surface area contributed by atoms with Crippen LogP contribution in [0.5, 0.6) is 0 Å². The highest BCUT2D eigenvalue weighted by molar-refractivity contribution is 5.95. The van der Waals surface area contributed by atoms with E-state index in [9.17, 15) is 9.59 Å². The molecule has 86 valence electrons. The molecular weight excluding hydrogens is 198 g/mol. The number of aliphatic hydroxyl groups excluding tert-OH is 1. The summed E-state index contributed by atoms with van der Waals surface area (Å²) in [6.07, 6.45) is 1.27. The molecule has 0 aliphatic rings. The second-order valence-corrected chi connectivity index (χ2v) is 3.33. The Morgan fingerprint density at radius 2 is 2.00 bits per heavy atom. The van der Waals surface area contributed by atoms with Crippen molar-refractivity contribution >= 4 is 11.9 Å². The third-order valence-electron chi connectivity index (χ3n) is 1.90. The SMILES string of the molecule is CC/C=C(/C)C(=O)N[C@H](C(=O)O)[C@@H](C)O. The topological polar surface area (TPSA) is 86.6 Å². The Morgan fingerprint density at radius 3 is 2.33 bits per heavy atom. The minimum atomic E-state index is -1.27. The van der Waals surface area contributed by atoms with Crippen molar-refractivity contribution in [3.8, 4) is 0 Å². The predicted octanol–water partition coefficient (Wildman–Crippen LogP) is 0.293. The van der Waals surface area contributed by atoms with Crippen molar-refractivity contribution in [2.24, 2.45) is 0 Å². The molecule has 0 aromatic rings. The molecule has 5 heteroatoms. The van der Waals surface area contributed by atoms with Crippen molar-refractivity contribution in [2.75, 3.05) is 0 Å². The Bertz CT molecular complexity index is 271. The van der Waals surface area contributed by atoms with Gasteiger partial charge in [-0.25, -0.2) is 4.79 Å². The van der Waals surface area contributed by atoms with Gasteiger partial charge in [-0.05, 0) is 20.3 Å². The van der Waals surface area contributed by atoms with Gasteiger partial charge >= 0.3 is 5.97 Å². The number of carboxylic acid groups (broad SMARTS) is 1. The van der Waals surface area contributed by atoms with Gasteiger partial charge < -0.3 is 15.5 Å². The Hall–Kier alpha value is -1.36. The van der Waals surface area contributed by atoms with Crippen LogP contribution in [0.4, 0.5) is 0 Å². The summed E-state index contributed by atoms with van der Waals surface area (Å²) in [5.41, 5.74) is 0.449. The number of rotatable bonds is 5. The van der Waals surface area contributed by atoms with Gasteiger partial charge in [0, 0.05) is 5.57 Å². The van der Waals surface area contributed by atoms with Crippen LogP contribution in [-0.2, 0) is 9.59 Å². The minimum absolute atomic E-state index is 0.449. The van der Waals surface area contributed by atoms with Crippen LogP contribution >= 0.6 is 0 Å². The number of aliphatic carboxylic acids is 1. The number of amides is 1. The first kappa shape index (κ1) is 13.6. The van der Waals surface area contributed by atoms with Gasteiger partial charge in [0.25, 0.3) is 0 Å². The molecular formula is C10H17NO4. The summed E-state index contributed by atoms with van der Waals surface area (Å²) in [5.74, 6) is -1.72. The van der Waals surface area contributed by atoms with E-state index in [0.717, 1.165) is 0 Å². The molecule has 0 aliphatic carbocycles. The highest BCUT2D eigenvalue weighted by Crippen LogP contribution is 1.99. The number of carbonyl (C=O) groups excluding carboxylic acids is 1. The monoisotopic (exact) mass is 215 g/mol. The first-order valence-electron chi connectivity index (χ1n) is 4.78. The van der Waals surface area contributed by atoms with E-state index in [0.29, 0.717) is 12.0 Å². The summed E-state index contributed by atoms with van der Waals surface area (Å²) in [6.45, 7) is 4.79. The molecule has 5 nitrogen and oxygen atoms in total. The molecule has 3 N–H and O–H groups in total. The number of carboxylic acids is 1. The highest BCUT2D eigenvalue weighted by Gasteiger charge is 2.25. The quantitative estimate of drug-likeness (QED) is 0.575. The molecule has 0 aromatic carbocycles. The fourth-order valence-electron chi connectivity index (χ4n) is 1.04. The first-order chi connectivity index (χ1) is 6.90. The van der Waals surface area contributed by atoms with Gasteiger partial charge in [0.1, 0.15) is 0 Å². The Labute approximate surface area is 88.8 Å². The molecule has 0 radical (unpaired) electrons. The lowest BCUT2D eigenvalue weighted by atomic mass is 10.1. The van der Waals surface area contributed by atoms with Crippen LogP contribution in [0.2, 0.25) is 0 Å². The molecule has 0 saturated heterocycles. The van der Waals surface area contributed by atoms with Gasteiger partial charge in [-0.2, -0.15) is 0 Å². The summed E-state index contributed by atoms with van der Waals surface area (Å²) in [7, 11) is 0. The van der Waals surface area contributed by atoms with E-state index in [-0.39, 0.29) is 0 Å². The van der Waals surface area contributed by atoms with Crippen molar-refractivity contribution in [1.29, 1.82) is 0 Å². The minimum Gasteiger partial charge on any atom is -0.480 e. The predicted molar refractivity (Wildman–Crippen MR) is 55.3 cm³/mol. The largest absolute Gasteiger partial charge is 0.480 e. The molecule has 15 heavy (non-hydrogen) atoms. The molecule has 0 saturated carbocycles. The number of hydrogen-bond donors (Lipinski definition) is 3. The molecule has 0 aliphatic heterocycles. The van der Waals surface area contributed by atoms with E-state index < -0.39 is 24.0 Å². The first-order valence-corrected chi connectivity index (χ1v) is 4.78. The van der Waals surface area contributed by atoms with E-state index >= 15 is 0 Å². The highest BCUT2D eigenvalue weighted by atomic mass is 16.4. The van der Waals surface area contributed by atoms with E-state index in [1.54, 1.807) is 13.0 Å². The van der Waals surface area contributed by atoms with Crippen LogP contribution in [0, 0.1) is 0 Å². The summed E-state index contributed by atoms with van der Waals surface area (Å²) in [4.78, 5) is 22.1. The van der Waals surface area contributed by atoms with E-state index in [1.807, 2.05) is 6.92 Å². The van der Waals surface area contributed by atoms with Crippen molar-refractivity contribution in [2.45, 2.75) is 39.3 Å². The lowest BCUT2D eigenvalue weighted by Gasteiger charge is -2.17. The third kappa shape index (κ3) is 4.60. The zero-order chi connectivity index (χ0) is 12.0. The fraction of sp³-hybridized carbons (Fsp3) is 0.600. The summed E-state index contributed by atoms with van der Waals surface area (Å²) < 4.78 is 0. The van der Waals surface area contributed by atoms with Gasteiger partial charge in [0.05, 0.1) is 6.10 Å². The summed E-state index contributed by atoms with van der Waals surface area (Å²) in [6, 6.07) is -1.27. The van der Waals surface area contributed by atoms with E-state index in [1.165, 1.54) is 6.92 Å². The van der Waals surface area contributed by atoms with Crippen LogP contribution in [-0.4, -0.2) is 34.2 Å². The van der Waals surface area contributed by atoms with Crippen molar-refractivity contribution in [3.63, 3.8) is 0 Å².